The van der Waals surface area contributed by atoms with Crippen LogP contribution < -0.4 is 10.6 Å². The first-order chi connectivity index (χ1) is 19.4. The van der Waals surface area contributed by atoms with Crippen LogP contribution in [0, 0.1) is 67.7 Å². The van der Waals surface area contributed by atoms with Gasteiger partial charge in [-0.1, -0.05) is 6.07 Å². The van der Waals surface area contributed by atoms with E-state index in [9.17, 15) is 29.8 Å². The van der Waals surface area contributed by atoms with Gasteiger partial charge in [-0.2, -0.15) is 21.0 Å². The number of rotatable bonds is 0. The van der Waals surface area contributed by atoms with E-state index in [0.29, 0.717) is 66.0 Å². The summed E-state index contributed by atoms with van der Waals surface area (Å²) in [5.41, 5.74) is 2.84. The number of allylic oxidation sites excluding steroid dienone is 1. The average molecular weight is 520 g/mol. The van der Waals surface area contributed by atoms with E-state index < -0.39 is 17.7 Å². The van der Waals surface area contributed by atoms with Gasteiger partial charge in [0.1, 0.15) is 53.1 Å². The second-order valence-electron chi connectivity index (χ2n) is 9.21. The predicted molar refractivity (Wildman–Crippen MR) is 139 cm³/mol. The Hall–Kier alpha value is -6.23. The monoisotopic (exact) mass is 520 g/mol. The zero-order chi connectivity index (χ0) is 27.7. The van der Waals surface area contributed by atoms with Gasteiger partial charge >= 0.3 is 0 Å². The Kier molecular flexibility index (Phi) is 4.66. The molecular formula is C30H10F2N8. The highest BCUT2D eigenvalue weighted by molar-refractivity contribution is 6.22. The van der Waals surface area contributed by atoms with Crippen molar-refractivity contribution in [1.82, 2.24) is 9.97 Å². The minimum Gasteiger partial charge on any atom is -0.351 e. The van der Waals surface area contributed by atoms with Gasteiger partial charge in [-0.25, -0.2) is 18.8 Å². The molecule has 0 saturated carbocycles. The van der Waals surface area contributed by atoms with Crippen LogP contribution in [-0.2, 0) is 0 Å². The molecule has 3 aromatic carbocycles. The van der Waals surface area contributed by atoms with Crippen molar-refractivity contribution < 1.29 is 8.78 Å². The molecule has 1 unspecified atom stereocenters. The average Bonchev–Trinajstić information content (AvgIpc) is 3.42. The fourth-order valence-corrected chi connectivity index (χ4v) is 5.48. The third kappa shape index (κ3) is 3.02. The normalized spacial score (nSPS) is 14.7. The summed E-state index contributed by atoms with van der Waals surface area (Å²) >= 11 is 0. The van der Waals surface area contributed by atoms with E-state index in [0.717, 1.165) is 0 Å². The topological polar surface area (TPSA) is 149 Å². The molecule has 0 aromatic heterocycles. The van der Waals surface area contributed by atoms with E-state index in [2.05, 4.69) is 4.98 Å². The standard InChI is InChI=1S/C30H10F2N8/c31-15-2-4-18-19(5-15)26(14(11-35)12-36)30-27(18)37-21-7-24-22(8-23(21)40-30)38-28-20-6-16(32)1-3-17(20)25(29(28)39-24)13(9-33)10-34/h1-8,29,37H. The zero-order valence-electron chi connectivity index (χ0n) is 20.1. The number of aromatic nitrogens is 2. The van der Waals surface area contributed by atoms with Gasteiger partial charge in [0.05, 0.1) is 38.5 Å². The molecule has 0 bridgehead atoms. The fourth-order valence-electron chi connectivity index (χ4n) is 5.48. The quantitative estimate of drug-likeness (QED) is 0.308. The van der Waals surface area contributed by atoms with Crippen LogP contribution in [0.3, 0.4) is 0 Å². The van der Waals surface area contributed by atoms with Gasteiger partial charge in [-0.3, -0.25) is 4.99 Å². The number of halogens is 2. The van der Waals surface area contributed by atoms with Gasteiger partial charge in [0.2, 0.25) is 0 Å². The van der Waals surface area contributed by atoms with Crippen molar-refractivity contribution in [3.05, 3.63) is 98.1 Å². The Bertz CT molecular complexity index is 2430. The highest BCUT2D eigenvalue weighted by Gasteiger charge is 2.37. The van der Waals surface area contributed by atoms with Gasteiger partial charge in [-0.15, -0.1) is 0 Å². The van der Waals surface area contributed by atoms with Crippen LogP contribution >= 0.6 is 0 Å². The van der Waals surface area contributed by atoms with Gasteiger partial charge in [0, 0.05) is 21.7 Å². The first kappa shape index (κ1) is 22.9. The van der Waals surface area contributed by atoms with Crippen LogP contribution in [0.4, 0.5) is 14.5 Å². The van der Waals surface area contributed by atoms with Gasteiger partial charge in [-0.05, 0) is 53.4 Å². The van der Waals surface area contributed by atoms with Crippen LogP contribution in [-0.4, -0.2) is 21.7 Å². The lowest BCUT2D eigenvalue weighted by Gasteiger charge is -2.14. The molecule has 1 atom stereocenters. The first-order valence-electron chi connectivity index (χ1n) is 11.9. The molecular weight excluding hydrogens is 510 g/mol. The van der Waals surface area contributed by atoms with E-state index in [1.807, 2.05) is 24.3 Å². The lowest BCUT2D eigenvalue weighted by Crippen LogP contribution is -2.23. The molecule has 10 heteroatoms. The highest BCUT2D eigenvalue weighted by atomic mass is 19.1. The van der Waals surface area contributed by atoms with E-state index >= 15 is 0 Å². The first-order valence-corrected chi connectivity index (χ1v) is 11.9. The molecule has 2 heterocycles. The van der Waals surface area contributed by atoms with Crippen LogP contribution in [0.2, 0.25) is 0 Å². The smallest absolute Gasteiger partial charge is 0.139 e. The van der Waals surface area contributed by atoms with Crippen molar-refractivity contribution in [2.75, 3.05) is 0 Å². The Morgan fingerprint density at radius 2 is 1.52 bits per heavy atom. The van der Waals surface area contributed by atoms with Crippen LogP contribution in [0.1, 0.15) is 11.1 Å². The molecule has 0 saturated heterocycles. The molecule has 2 aliphatic carbocycles. The molecule has 2 aliphatic heterocycles. The molecule has 0 spiro atoms. The molecule has 0 radical (unpaired) electrons. The number of H-pyrrole nitrogens is 1. The van der Waals surface area contributed by atoms with E-state index in [1.165, 1.54) is 30.3 Å². The predicted octanol–water partition coefficient (Wildman–Crippen LogP) is 3.85. The van der Waals surface area contributed by atoms with Crippen molar-refractivity contribution in [2.24, 2.45) is 9.98 Å². The Labute approximate surface area is 222 Å². The minimum absolute atomic E-state index is 0.129. The number of aromatic amines is 1. The largest absolute Gasteiger partial charge is 0.351 e. The molecule has 3 aromatic rings. The Balaban J connectivity index is 1.58. The highest BCUT2D eigenvalue weighted by Crippen LogP contribution is 2.39. The fraction of sp³-hybridized carbons (Fsp3) is 0.0333. The van der Waals surface area contributed by atoms with Gasteiger partial charge < -0.3 is 4.98 Å². The van der Waals surface area contributed by atoms with Crippen LogP contribution in [0.5, 0.6) is 0 Å². The molecule has 1 N–H and O–H groups in total. The second kappa shape index (κ2) is 8.13. The molecule has 4 aliphatic rings. The SMILES string of the molecule is N#CC(C#N)=C1c2ccc(F)cc2C2=Nc3cc4nc5c(=C(C#N)C#N)c6cc(F)ccc6c=5[nH]c4cc3=NC21. The Morgan fingerprint density at radius 3 is 2.27 bits per heavy atom. The summed E-state index contributed by atoms with van der Waals surface area (Å²) in [5.74, 6) is -1.01. The van der Waals surface area contributed by atoms with E-state index in [1.54, 1.807) is 18.2 Å². The summed E-state index contributed by atoms with van der Waals surface area (Å²) in [5, 5.41) is 40.9. The van der Waals surface area contributed by atoms with Crippen molar-refractivity contribution in [2.45, 2.75) is 6.04 Å². The lowest BCUT2D eigenvalue weighted by atomic mass is 10.00. The van der Waals surface area contributed by atoms with Crippen LogP contribution in [0.15, 0.2) is 64.1 Å². The molecule has 8 nitrogen and oxygen atoms in total. The molecule has 0 amide bonds. The third-order valence-electron chi connectivity index (χ3n) is 7.13. The van der Waals surface area contributed by atoms with Gasteiger partial charge in [0.25, 0.3) is 0 Å². The van der Waals surface area contributed by atoms with Crippen molar-refractivity contribution >= 4 is 44.4 Å². The van der Waals surface area contributed by atoms with Crippen molar-refractivity contribution in [3.8, 4) is 24.3 Å². The third-order valence-corrected chi connectivity index (χ3v) is 7.13. The number of nitrogens with zero attached hydrogens (tertiary/aromatic N) is 7. The number of nitrogens with one attached hydrogen (secondary N) is 1. The molecule has 184 valence electrons. The maximum absolute atomic E-state index is 14.2. The Morgan fingerprint density at radius 1 is 0.800 bits per heavy atom. The maximum atomic E-state index is 14.2. The summed E-state index contributed by atoms with van der Waals surface area (Å²) < 4.78 is 28.4. The summed E-state index contributed by atoms with van der Waals surface area (Å²) in [6, 6.07) is 18.4. The van der Waals surface area contributed by atoms with E-state index in [4.69, 9.17) is 15.0 Å². The number of hydrogen-bond donors (Lipinski definition) is 1. The number of benzene rings is 3. The number of nitriles is 4. The number of hydrogen-bond acceptors (Lipinski definition) is 7. The maximum Gasteiger partial charge on any atom is 0.139 e. The van der Waals surface area contributed by atoms with E-state index in [-0.39, 0.29) is 16.4 Å². The number of fused-ring (bicyclic) bond motifs is 7. The van der Waals surface area contributed by atoms with Crippen molar-refractivity contribution in [3.63, 3.8) is 0 Å². The summed E-state index contributed by atoms with van der Waals surface area (Å²) in [6.07, 6.45) is 0. The van der Waals surface area contributed by atoms with Crippen LogP contribution in [0.25, 0.3) is 33.0 Å². The minimum atomic E-state index is -0.773. The van der Waals surface area contributed by atoms with Crippen molar-refractivity contribution in [1.29, 1.82) is 21.0 Å². The number of aliphatic imine (C=N–C) groups is 1. The summed E-state index contributed by atoms with van der Waals surface area (Å²) in [4.78, 5) is 17.6. The lowest BCUT2D eigenvalue weighted by molar-refractivity contribution is 0.627. The van der Waals surface area contributed by atoms with Gasteiger partial charge in [0.15, 0.2) is 0 Å². The molecule has 7 rings (SSSR count). The summed E-state index contributed by atoms with van der Waals surface area (Å²) in [7, 11) is 0. The summed E-state index contributed by atoms with van der Waals surface area (Å²) in [6.45, 7) is 0. The molecule has 40 heavy (non-hydrogen) atoms. The second-order valence-corrected chi connectivity index (χ2v) is 9.21. The zero-order valence-corrected chi connectivity index (χ0v) is 20.1. The molecule has 0 fully saturated rings.